The lowest BCUT2D eigenvalue weighted by Crippen LogP contribution is -2.26. The number of anilines is 1. The van der Waals surface area contributed by atoms with Gasteiger partial charge in [-0.2, -0.15) is 0 Å². The minimum absolute atomic E-state index is 0.0433. The minimum atomic E-state index is -0.271. The van der Waals surface area contributed by atoms with Crippen molar-refractivity contribution in [1.82, 2.24) is 4.98 Å². The lowest BCUT2D eigenvalue weighted by molar-refractivity contribution is -0.125. The van der Waals surface area contributed by atoms with E-state index < -0.39 is 0 Å². The summed E-state index contributed by atoms with van der Waals surface area (Å²) in [7, 11) is 0. The molecule has 0 radical (unpaired) electrons. The van der Waals surface area contributed by atoms with Crippen LogP contribution in [0.2, 0.25) is 0 Å². The Balaban J connectivity index is 1.85. The molecule has 1 heterocycles. The van der Waals surface area contributed by atoms with Crippen LogP contribution in [0.5, 0.6) is 0 Å². The van der Waals surface area contributed by atoms with Gasteiger partial charge in [-0.15, -0.1) is 11.3 Å². The summed E-state index contributed by atoms with van der Waals surface area (Å²) < 4.78 is 13.5. The molecular weight excluding hydrogens is 395 g/mol. The standard InChI is InChI=1S/C25H35FN2OS/c1-5-7-19(14-17(3)4)24(29)23(18-8-10-20(26)11-9-18)15-21-16-30-25(27-21)28(6-2)22-12-13-22/h8-11,16-17,19,22-23H,5-7,12-15H2,1-4H3. The van der Waals surface area contributed by atoms with E-state index in [0.29, 0.717) is 18.4 Å². The molecule has 2 unspecified atom stereocenters. The summed E-state index contributed by atoms with van der Waals surface area (Å²) in [4.78, 5) is 20.9. The van der Waals surface area contributed by atoms with Crippen LogP contribution in [-0.2, 0) is 11.2 Å². The number of thiazole rings is 1. The Morgan fingerprint density at radius 3 is 2.50 bits per heavy atom. The van der Waals surface area contributed by atoms with Crippen LogP contribution in [0.4, 0.5) is 9.52 Å². The van der Waals surface area contributed by atoms with Gasteiger partial charge in [-0.05, 0) is 56.2 Å². The van der Waals surface area contributed by atoms with Crippen LogP contribution in [0.3, 0.4) is 0 Å². The second-order valence-corrected chi connectivity index (χ2v) is 9.80. The summed E-state index contributed by atoms with van der Waals surface area (Å²) >= 11 is 1.67. The first-order valence-electron chi connectivity index (χ1n) is 11.4. The van der Waals surface area contributed by atoms with E-state index in [1.807, 2.05) is 0 Å². The van der Waals surface area contributed by atoms with Gasteiger partial charge in [0.2, 0.25) is 0 Å². The van der Waals surface area contributed by atoms with Crippen molar-refractivity contribution < 1.29 is 9.18 Å². The third-order valence-electron chi connectivity index (χ3n) is 5.94. The van der Waals surface area contributed by atoms with Crippen LogP contribution in [0.1, 0.15) is 77.0 Å². The number of Topliss-reactive ketones (excluding diaryl/α,β-unsaturated/α-hetero) is 1. The van der Waals surface area contributed by atoms with E-state index in [0.717, 1.165) is 42.2 Å². The van der Waals surface area contributed by atoms with Crippen molar-refractivity contribution in [3.63, 3.8) is 0 Å². The monoisotopic (exact) mass is 430 g/mol. The van der Waals surface area contributed by atoms with Crippen molar-refractivity contribution in [2.75, 3.05) is 11.4 Å². The average Bonchev–Trinajstić information content (AvgIpc) is 3.44. The van der Waals surface area contributed by atoms with Crippen LogP contribution < -0.4 is 4.90 Å². The molecule has 2 aromatic rings. The molecule has 1 aliphatic rings. The van der Waals surface area contributed by atoms with Gasteiger partial charge in [0.1, 0.15) is 11.6 Å². The van der Waals surface area contributed by atoms with Gasteiger partial charge < -0.3 is 4.90 Å². The maximum absolute atomic E-state index is 13.6. The van der Waals surface area contributed by atoms with Crippen LogP contribution in [0, 0.1) is 17.7 Å². The van der Waals surface area contributed by atoms with Crippen molar-refractivity contribution in [2.45, 2.75) is 78.2 Å². The van der Waals surface area contributed by atoms with Crippen LogP contribution >= 0.6 is 11.3 Å². The van der Waals surface area contributed by atoms with Crippen molar-refractivity contribution in [3.8, 4) is 0 Å². The quantitative estimate of drug-likeness (QED) is 0.379. The van der Waals surface area contributed by atoms with Gasteiger partial charge in [0.05, 0.1) is 5.69 Å². The zero-order chi connectivity index (χ0) is 21.7. The highest BCUT2D eigenvalue weighted by Crippen LogP contribution is 2.35. The molecule has 3 nitrogen and oxygen atoms in total. The molecule has 1 fully saturated rings. The molecule has 1 aromatic heterocycles. The van der Waals surface area contributed by atoms with Crippen molar-refractivity contribution in [2.24, 2.45) is 11.8 Å². The number of nitrogens with zero attached hydrogens (tertiary/aromatic N) is 2. The number of hydrogen-bond acceptors (Lipinski definition) is 4. The average molecular weight is 431 g/mol. The highest BCUT2D eigenvalue weighted by atomic mass is 32.1. The Hall–Kier alpha value is -1.75. The molecule has 0 spiro atoms. The molecule has 1 aromatic carbocycles. The SMILES string of the molecule is CCCC(CC(C)C)C(=O)C(Cc1csc(N(CC)C2CC2)n1)c1ccc(F)cc1. The highest BCUT2D eigenvalue weighted by molar-refractivity contribution is 7.13. The molecule has 0 saturated heterocycles. The third kappa shape index (κ3) is 5.90. The molecule has 30 heavy (non-hydrogen) atoms. The van der Waals surface area contributed by atoms with Crippen molar-refractivity contribution >= 4 is 22.3 Å². The number of carbonyl (C=O) groups is 1. The smallest absolute Gasteiger partial charge is 0.185 e. The molecule has 5 heteroatoms. The maximum Gasteiger partial charge on any atom is 0.185 e. The Kier molecular flexibility index (Phi) is 8.04. The van der Waals surface area contributed by atoms with E-state index in [-0.39, 0.29) is 23.4 Å². The first-order valence-corrected chi connectivity index (χ1v) is 12.3. The number of carbonyl (C=O) groups excluding carboxylic acids is 1. The second kappa shape index (κ2) is 10.5. The summed E-state index contributed by atoms with van der Waals surface area (Å²) in [5, 5.41) is 3.16. The van der Waals surface area contributed by atoms with Crippen molar-refractivity contribution in [3.05, 3.63) is 46.7 Å². The Morgan fingerprint density at radius 1 is 1.23 bits per heavy atom. The number of rotatable bonds is 12. The first kappa shape index (κ1) is 22.9. The third-order valence-corrected chi connectivity index (χ3v) is 6.86. The van der Waals surface area contributed by atoms with Gasteiger partial charge in [-0.25, -0.2) is 9.37 Å². The van der Waals surface area contributed by atoms with E-state index in [4.69, 9.17) is 4.98 Å². The van der Waals surface area contributed by atoms with Gasteiger partial charge in [0.15, 0.2) is 5.13 Å². The maximum atomic E-state index is 13.6. The fourth-order valence-corrected chi connectivity index (χ4v) is 5.30. The van der Waals surface area contributed by atoms with Gasteiger partial charge in [-0.3, -0.25) is 4.79 Å². The lowest BCUT2D eigenvalue weighted by Gasteiger charge is -2.24. The topological polar surface area (TPSA) is 33.2 Å². The zero-order valence-corrected chi connectivity index (χ0v) is 19.6. The highest BCUT2D eigenvalue weighted by Gasteiger charge is 2.32. The Labute approximate surface area is 184 Å². The Morgan fingerprint density at radius 2 is 1.93 bits per heavy atom. The molecule has 1 saturated carbocycles. The Bertz CT molecular complexity index is 813. The fourth-order valence-electron chi connectivity index (χ4n) is 4.32. The van der Waals surface area contributed by atoms with Crippen LogP contribution in [0.25, 0.3) is 0 Å². The van der Waals surface area contributed by atoms with E-state index >= 15 is 0 Å². The summed E-state index contributed by atoms with van der Waals surface area (Å²) in [6.45, 7) is 9.62. The summed E-state index contributed by atoms with van der Waals surface area (Å²) in [5.41, 5.74) is 1.87. The molecule has 164 valence electrons. The van der Waals surface area contributed by atoms with Gasteiger partial charge >= 0.3 is 0 Å². The molecule has 1 aliphatic carbocycles. The van der Waals surface area contributed by atoms with Crippen LogP contribution in [-0.4, -0.2) is 23.4 Å². The molecule has 0 N–H and O–H groups in total. The van der Waals surface area contributed by atoms with E-state index in [9.17, 15) is 9.18 Å². The number of aromatic nitrogens is 1. The van der Waals surface area contributed by atoms with Crippen molar-refractivity contribution in [1.29, 1.82) is 0 Å². The lowest BCUT2D eigenvalue weighted by atomic mass is 9.79. The molecule has 0 aliphatic heterocycles. The summed E-state index contributed by atoms with van der Waals surface area (Å²) in [6, 6.07) is 7.10. The number of halogens is 1. The molecular formula is C25H35FN2OS. The van der Waals surface area contributed by atoms with Gasteiger partial charge in [-0.1, -0.05) is 39.3 Å². The van der Waals surface area contributed by atoms with Gasteiger partial charge in [0.25, 0.3) is 0 Å². The van der Waals surface area contributed by atoms with Gasteiger partial charge in [0, 0.05) is 36.2 Å². The predicted octanol–water partition coefficient (Wildman–Crippen LogP) is 6.63. The normalized spacial score (nSPS) is 15.9. The van der Waals surface area contributed by atoms with E-state index in [2.05, 4.69) is 38.0 Å². The number of ketones is 1. The second-order valence-electron chi connectivity index (χ2n) is 8.96. The predicted molar refractivity (Wildman–Crippen MR) is 124 cm³/mol. The molecule has 2 atom stereocenters. The number of hydrogen-bond donors (Lipinski definition) is 0. The zero-order valence-electron chi connectivity index (χ0n) is 18.7. The molecule has 3 rings (SSSR count). The number of benzene rings is 1. The first-order chi connectivity index (χ1) is 14.4. The minimum Gasteiger partial charge on any atom is -0.345 e. The van der Waals surface area contributed by atoms with E-state index in [1.165, 1.54) is 25.0 Å². The summed E-state index contributed by atoms with van der Waals surface area (Å²) in [6.07, 6.45) is 5.87. The largest absolute Gasteiger partial charge is 0.345 e. The fraction of sp³-hybridized carbons (Fsp3) is 0.600. The van der Waals surface area contributed by atoms with E-state index in [1.54, 1.807) is 23.5 Å². The van der Waals surface area contributed by atoms with Crippen LogP contribution in [0.15, 0.2) is 29.6 Å². The molecule has 0 bridgehead atoms. The summed E-state index contributed by atoms with van der Waals surface area (Å²) in [5.74, 6) is 0.257. The molecule has 0 amide bonds.